The molecule has 0 saturated carbocycles. The Morgan fingerprint density at radius 2 is 2.12 bits per heavy atom. The van der Waals surface area contributed by atoms with Gasteiger partial charge in [-0.2, -0.15) is 0 Å². The Kier molecular flexibility index (Phi) is 5.35. The van der Waals surface area contributed by atoms with E-state index in [0.717, 1.165) is 16.7 Å². The topological polar surface area (TPSA) is 101 Å². The predicted molar refractivity (Wildman–Crippen MR) is 94.4 cm³/mol. The number of nitrogens with zero attached hydrogens (tertiary/aromatic N) is 2. The van der Waals surface area contributed by atoms with Gasteiger partial charge in [0.05, 0.1) is 9.83 Å². The van der Waals surface area contributed by atoms with Crippen LogP contribution in [0.1, 0.15) is 19.4 Å². The predicted octanol–water partition coefficient (Wildman–Crippen LogP) is 2.91. The van der Waals surface area contributed by atoms with Crippen LogP contribution in [-0.4, -0.2) is 37.2 Å². The Bertz CT molecular complexity index is 760. The Morgan fingerprint density at radius 1 is 1.46 bits per heavy atom. The number of hydrogen-bond donors (Lipinski definition) is 1. The van der Waals surface area contributed by atoms with Crippen molar-refractivity contribution in [1.82, 2.24) is 4.90 Å². The van der Waals surface area contributed by atoms with Crippen LogP contribution in [0.4, 0.5) is 5.69 Å². The molecule has 0 aromatic heterocycles. The van der Waals surface area contributed by atoms with E-state index in [1.807, 2.05) is 0 Å². The molecule has 1 N–H and O–H groups in total. The first kappa shape index (κ1) is 18.1. The molecule has 0 spiro atoms. The third-order valence-electron chi connectivity index (χ3n) is 3.37. The van der Waals surface area contributed by atoms with Crippen LogP contribution in [0.25, 0.3) is 6.08 Å². The van der Waals surface area contributed by atoms with Crippen molar-refractivity contribution in [3.63, 3.8) is 0 Å². The second-order valence-electron chi connectivity index (χ2n) is 5.43. The molecule has 0 aliphatic carbocycles. The van der Waals surface area contributed by atoms with Crippen molar-refractivity contribution < 1.29 is 19.6 Å². The number of carbonyl (C=O) groups is 2. The summed E-state index contributed by atoms with van der Waals surface area (Å²) in [6.07, 6.45) is 1.48. The van der Waals surface area contributed by atoms with Gasteiger partial charge in [-0.3, -0.25) is 19.8 Å². The summed E-state index contributed by atoms with van der Waals surface area (Å²) in [4.78, 5) is 35.6. The zero-order chi connectivity index (χ0) is 18.0. The summed E-state index contributed by atoms with van der Waals surface area (Å²) in [5.41, 5.74) is 0.381. The van der Waals surface area contributed by atoms with E-state index < -0.39 is 22.8 Å². The van der Waals surface area contributed by atoms with Gasteiger partial charge in [0, 0.05) is 12.1 Å². The van der Waals surface area contributed by atoms with Crippen LogP contribution in [0.2, 0.25) is 0 Å². The number of thiocarbonyl (C=S) groups is 1. The minimum atomic E-state index is -1.13. The monoisotopic (exact) mass is 366 g/mol. The number of amides is 1. The van der Waals surface area contributed by atoms with Crippen molar-refractivity contribution in [1.29, 1.82) is 0 Å². The molecular weight excluding hydrogens is 352 g/mol. The fourth-order valence-electron chi connectivity index (χ4n) is 2.29. The second kappa shape index (κ2) is 7.10. The number of carboxylic acids is 1. The number of carboxylic acid groups (broad SMARTS) is 1. The lowest BCUT2D eigenvalue weighted by atomic mass is 10.0. The molecule has 1 aliphatic heterocycles. The standard InChI is InChI=1S/C15H14N2O5S2/c1-8(2)12(14(19)20)16-13(18)11(24-15(16)23)7-9-4-3-5-10(6-9)17(21)22/h3-8,12H,1-2H3,(H,19,20)/b11-7+/t12-/m1/s1. The fourth-order valence-corrected chi connectivity index (χ4v) is 3.62. The van der Waals surface area contributed by atoms with Gasteiger partial charge in [0.15, 0.2) is 0 Å². The van der Waals surface area contributed by atoms with Gasteiger partial charge < -0.3 is 5.11 Å². The molecule has 1 aliphatic rings. The third-order valence-corrected chi connectivity index (χ3v) is 4.70. The van der Waals surface area contributed by atoms with E-state index in [0.29, 0.717) is 5.56 Å². The molecule has 1 aromatic carbocycles. The molecule has 0 radical (unpaired) electrons. The third kappa shape index (κ3) is 3.62. The van der Waals surface area contributed by atoms with Gasteiger partial charge in [-0.05, 0) is 17.6 Å². The van der Waals surface area contributed by atoms with Gasteiger partial charge in [0.2, 0.25) is 0 Å². The summed E-state index contributed by atoms with van der Waals surface area (Å²) >= 11 is 6.14. The van der Waals surface area contributed by atoms with E-state index >= 15 is 0 Å². The molecule has 2 rings (SSSR count). The molecule has 0 bridgehead atoms. The van der Waals surface area contributed by atoms with Gasteiger partial charge >= 0.3 is 5.97 Å². The minimum Gasteiger partial charge on any atom is -0.480 e. The Morgan fingerprint density at radius 3 is 2.67 bits per heavy atom. The average Bonchev–Trinajstić information content (AvgIpc) is 2.75. The number of non-ortho nitro benzene ring substituents is 1. The number of aliphatic carboxylic acids is 1. The van der Waals surface area contributed by atoms with E-state index in [4.69, 9.17) is 12.2 Å². The number of hydrogen-bond acceptors (Lipinski definition) is 6. The largest absolute Gasteiger partial charge is 0.480 e. The lowest BCUT2D eigenvalue weighted by Gasteiger charge is -2.26. The highest BCUT2D eigenvalue weighted by Gasteiger charge is 2.41. The van der Waals surface area contributed by atoms with Crippen LogP contribution in [0.15, 0.2) is 29.2 Å². The minimum absolute atomic E-state index is 0.0928. The summed E-state index contributed by atoms with van der Waals surface area (Å²) < 4.78 is 0.165. The number of nitro groups is 1. The van der Waals surface area contributed by atoms with Gasteiger partial charge in [-0.25, -0.2) is 4.79 Å². The highest BCUT2D eigenvalue weighted by molar-refractivity contribution is 8.26. The number of carbonyl (C=O) groups excluding carboxylic acids is 1. The lowest BCUT2D eigenvalue weighted by molar-refractivity contribution is -0.384. The SMILES string of the molecule is CC(C)[C@H](C(=O)O)N1C(=O)/C(=C\c2cccc([N+](=O)[O-])c2)SC1=S. The summed E-state index contributed by atoms with van der Waals surface area (Å²) in [6, 6.07) is 4.77. The zero-order valence-electron chi connectivity index (χ0n) is 12.8. The summed E-state index contributed by atoms with van der Waals surface area (Å²) in [6.45, 7) is 3.39. The van der Waals surface area contributed by atoms with E-state index in [9.17, 15) is 24.8 Å². The van der Waals surface area contributed by atoms with Crippen molar-refractivity contribution in [3.05, 3.63) is 44.8 Å². The zero-order valence-corrected chi connectivity index (χ0v) is 14.5. The molecule has 24 heavy (non-hydrogen) atoms. The summed E-state index contributed by atoms with van der Waals surface area (Å²) in [7, 11) is 0. The van der Waals surface area contributed by atoms with Crippen molar-refractivity contribution in [2.24, 2.45) is 5.92 Å². The molecule has 9 heteroatoms. The highest BCUT2D eigenvalue weighted by Crippen LogP contribution is 2.35. The fraction of sp³-hybridized carbons (Fsp3) is 0.267. The van der Waals surface area contributed by atoms with Crippen molar-refractivity contribution in [3.8, 4) is 0 Å². The summed E-state index contributed by atoms with van der Waals surface area (Å²) in [5.74, 6) is -1.95. The maximum atomic E-state index is 12.5. The number of benzene rings is 1. The first-order valence-electron chi connectivity index (χ1n) is 6.96. The van der Waals surface area contributed by atoms with Gasteiger partial charge in [0.1, 0.15) is 10.4 Å². The molecule has 7 nitrogen and oxygen atoms in total. The first-order chi connectivity index (χ1) is 11.2. The maximum Gasteiger partial charge on any atom is 0.327 e. The van der Waals surface area contributed by atoms with Crippen LogP contribution >= 0.6 is 24.0 Å². The Hall–Kier alpha value is -2.26. The Labute approximate surface area is 147 Å². The van der Waals surface area contributed by atoms with Crippen molar-refractivity contribution >= 4 is 51.9 Å². The van der Waals surface area contributed by atoms with Crippen LogP contribution in [-0.2, 0) is 9.59 Å². The summed E-state index contributed by atoms with van der Waals surface area (Å²) in [5, 5.41) is 20.2. The van der Waals surface area contributed by atoms with Gasteiger partial charge in [-0.15, -0.1) is 0 Å². The normalized spacial score (nSPS) is 17.6. The molecular formula is C15H14N2O5S2. The molecule has 0 unspecified atom stereocenters. The molecule has 126 valence electrons. The van der Waals surface area contributed by atoms with Gasteiger partial charge in [0.25, 0.3) is 11.6 Å². The molecule has 1 saturated heterocycles. The average molecular weight is 366 g/mol. The van der Waals surface area contributed by atoms with Crippen molar-refractivity contribution in [2.75, 3.05) is 0 Å². The van der Waals surface area contributed by atoms with E-state index in [2.05, 4.69) is 0 Å². The lowest BCUT2D eigenvalue weighted by Crippen LogP contribution is -2.47. The van der Waals surface area contributed by atoms with Crippen molar-refractivity contribution in [2.45, 2.75) is 19.9 Å². The van der Waals surface area contributed by atoms with Crippen LogP contribution in [0.3, 0.4) is 0 Å². The molecule has 1 fully saturated rings. The number of nitro benzene ring substituents is 1. The quantitative estimate of drug-likeness (QED) is 0.370. The van der Waals surface area contributed by atoms with Crippen LogP contribution in [0, 0.1) is 16.0 Å². The maximum absolute atomic E-state index is 12.5. The molecule has 1 amide bonds. The molecule has 1 heterocycles. The van der Waals surface area contributed by atoms with Gasteiger partial charge in [-0.1, -0.05) is 50.0 Å². The highest BCUT2D eigenvalue weighted by atomic mass is 32.2. The number of rotatable bonds is 5. The van der Waals surface area contributed by atoms with E-state index in [-0.39, 0.29) is 20.8 Å². The van der Waals surface area contributed by atoms with Crippen LogP contribution < -0.4 is 0 Å². The van der Waals surface area contributed by atoms with E-state index in [1.165, 1.54) is 24.3 Å². The van der Waals surface area contributed by atoms with E-state index in [1.54, 1.807) is 19.9 Å². The number of thioether (sulfide) groups is 1. The van der Waals surface area contributed by atoms with Crippen LogP contribution in [0.5, 0.6) is 0 Å². The molecule has 1 atom stereocenters. The first-order valence-corrected chi connectivity index (χ1v) is 8.19. The smallest absolute Gasteiger partial charge is 0.327 e. The molecule has 1 aromatic rings. The second-order valence-corrected chi connectivity index (χ2v) is 7.11. The Balaban J connectivity index is 2.36.